The quantitative estimate of drug-likeness (QED) is 0.748. The van der Waals surface area contributed by atoms with E-state index in [0.29, 0.717) is 24.1 Å². The van der Waals surface area contributed by atoms with E-state index in [9.17, 15) is 13.2 Å². The van der Waals surface area contributed by atoms with Crippen LogP contribution in [0.1, 0.15) is 39.2 Å². The van der Waals surface area contributed by atoms with Gasteiger partial charge < -0.3 is 5.32 Å². The fourth-order valence-electron chi connectivity index (χ4n) is 2.56. The lowest BCUT2D eigenvalue weighted by atomic mass is 10.0. The van der Waals surface area contributed by atoms with Crippen molar-refractivity contribution in [3.63, 3.8) is 0 Å². The molecule has 0 saturated heterocycles. The second-order valence-electron chi connectivity index (χ2n) is 7.27. The molecule has 0 aromatic heterocycles. The number of carbonyl (C=O) groups is 1. The van der Waals surface area contributed by atoms with Crippen molar-refractivity contribution in [2.75, 3.05) is 17.4 Å². The van der Waals surface area contributed by atoms with Gasteiger partial charge in [0.25, 0.3) is 10.0 Å². The molecule has 0 fully saturated rings. The zero-order chi connectivity index (χ0) is 20.0. The Balaban J connectivity index is 2.37. The number of amides is 1. The van der Waals surface area contributed by atoms with E-state index in [0.717, 1.165) is 5.56 Å². The molecule has 0 heterocycles. The summed E-state index contributed by atoms with van der Waals surface area (Å²) in [7, 11) is -3.85. The molecule has 0 unspecified atom stereocenters. The van der Waals surface area contributed by atoms with Crippen LogP contribution in [0.15, 0.2) is 59.5 Å². The second kappa shape index (κ2) is 9.04. The molecule has 0 aliphatic heterocycles. The van der Waals surface area contributed by atoms with Gasteiger partial charge in [0.2, 0.25) is 5.91 Å². The van der Waals surface area contributed by atoms with E-state index >= 15 is 0 Å². The van der Waals surface area contributed by atoms with Gasteiger partial charge in [-0.25, -0.2) is 8.42 Å². The van der Waals surface area contributed by atoms with E-state index in [1.807, 2.05) is 26.0 Å². The van der Waals surface area contributed by atoms with Crippen LogP contribution in [-0.2, 0) is 14.8 Å². The van der Waals surface area contributed by atoms with Crippen LogP contribution in [0.5, 0.6) is 0 Å². The maximum atomic E-state index is 13.2. The fraction of sp³-hybridized carbons (Fsp3) is 0.381. The molecule has 0 aliphatic rings. The Morgan fingerprint density at radius 3 is 2.07 bits per heavy atom. The molecule has 146 valence electrons. The maximum Gasteiger partial charge on any atom is 0.264 e. The van der Waals surface area contributed by atoms with Crippen molar-refractivity contribution >= 4 is 21.6 Å². The third-order valence-electron chi connectivity index (χ3n) is 4.17. The van der Waals surface area contributed by atoms with Gasteiger partial charge in [0.1, 0.15) is 6.54 Å². The van der Waals surface area contributed by atoms with Crippen LogP contribution in [0.3, 0.4) is 0 Å². The molecule has 2 aromatic carbocycles. The molecule has 27 heavy (non-hydrogen) atoms. The zero-order valence-corrected chi connectivity index (χ0v) is 17.2. The molecule has 0 radical (unpaired) electrons. The Morgan fingerprint density at radius 1 is 0.963 bits per heavy atom. The number of nitrogens with zero attached hydrogens (tertiary/aromatic N) is 1. The highest BCUT2D eigenvalue weighted by Crippen LogP contribution is 2.25. The first-order chi connectivity index (χ1) is 12.7. The number of anilines is 1. The minimum absolute atomic E-state index is 0.162. The number of nitrogens with one attached hydrogen (secondary N) is 1. The van der Waals surface area contributed by atoms with Crippen molar-refractivity contribution in [2.45, 2.75) is 38.5 Å². The number of sulfonamides is 1. The van der Waals surface area contributed by atoms with Gasteiger partial charge in [-0.2, -0.15) is 0 Å². The predicted molar refractivity (Wildman–Crippen MR) is 109 cm³/mol. The molecular formula is C21H28N2O3S. The molecule has 0 aliphatic carbocycles. The van der Waals surface area contributed by atoms with Crippen molar-refractivity contribution in [1.29, 1.82) is 0 Å². The van der Waals surface area contributed by atoms with Crippen LogP contribution in [0.4, 0.5) is 5.69 Å². The molecule has 0 bridgehead atoms. The summed E-state index contributed by atoms with van der Waals surface area (Å²) in [6, 6.07) is 15.5. The molecule has 0 atom stereocenters. The van der Waals surface area contributed by atoms with Crippen LogP contribution < -0.4 is 9.62 Å². The zero-order valence-electron chi connectivity index (χ0n) is 16.3. The first-order valence-corrected chi connectivity index (χ1v) is 10.6. The lowest BCUT2D eigenvalue weighted by Gasteiger charge is -2.24. The molecule has 0 saturated carbocycles. The molecular weight excluding hydrogens is 360 g/mol. The number of carbonyl (C=O) groups excluding carboxylic acids is 1. The molecule has 2 rings (SSSR count). The third kappa shape index (κ3) is 5.57. The Morgan fingerprint density at radius 2 is 1.56 bits per heavy atom. The number of rotatable bonds is 8. The lowest BCUT2D eigenvalue weighted by molar-refractivity contribution is -0.119. The summed E-state index contributed by atoms with van der Waals surface area (Å²) >= 11 is 0. The van der Waals surface area contributed by atoms with Crippen molar-refractivity contribution in [2.24, 2.45) is 5.92 Å². The lowest BCUT2D eigenvalue weighted by Crippen LogP contribution is -2.41. The van der Waals surface area contributed by atoms with Gasteiger partial charge in [-0.15, -0.1) is 0 Å². The van der Waals surface area contributed by atoms with Crippen LogP contribution >= 0.6 is 0 Å². The van der Waals surface area contributed by atoms with E-state index in [1.54, 1.807) is 30.3 Å². The van der Waals surface area contributed by atoms with Gasteiger partial charge in [0, 0.05) is 6.54 Å². The Kier molecular flexibility index (Phi) is 7.02. The van der Waals surface area contributed by atoms with E-state index in [1.165, 1.54) is 16.4 Å². The SMILES string of the molecule is CC(C)CNC(=O)CN(c1ccc(C(C)C)cc1)S(=O)(=O)c1ccccc1. The third-order valence-corrected chi connectivity index (χ3v) is 5.96. The van der Waals surface area contributed by atoms with Crippen molar-refractivity contribution in [1.82, 2.24) is 5.32 Å². The highest BCUT2D eigenvalue weighted by atomic mass is 32.2. The molecule has 5 nitrogen and oxygen atoms in total. The van der Waals surface area contributed by atoms with Crippen molar-refractivity contribution in [3.8, 4) is 0 Å². The minimum Gasteiger partial charge on any atom is -0.354 e. The van der Waals surface area contributed by atoms with Crippen LogP contribution in [0.2, 0.25) is 0 Å². The summed E-state index contributed by atoms with van der Waals surface area (Å²) in [4.78, 5) is 12.5. The van der Waals surface area contributed by atoms with Gasteiger partial charge in [0.05, 0.1) is 10.6 Å². The van der Waals surface area contributed by atoms with Crippen molar-refractivity contribution < 1.29 is 13.2 Å². The number of hydrogen-bond donors (Lipinski definition) is 1. The number of hydrogen-bond acceptors (Lipinski definition) is 3. The fourth-order valence-corrected chi connectivity index (χ4v) is 4.01. The van der Waals surface area contributed by atoms with Gasteiger partial charge >= 0.3 is 0 Å². The van der Waals surface area contributed by atoms with Crippen molar-refractivity contribution in [3.05, 3.63) is 60.2 Å². The average molecular weight is 389 g/mol. The summed E-state index contributed by atoms with van der Waals surface area (Å²) < 4.78 is 27.5. The first-order valence-electron chi connectivity index (χ1n) is 9.16. The first kappa shape index (κ1) is 21.0. The maximum absolute atomic E-state index is 13.2. The van der Waals surface area contributed by atoms with Gasteiger partial charge in [-0.1, -0.05) is 58.0 Å². The predicted octanol–water partition coefficient (Wildman–Crippen LogP) is 3.78. The average Bonchev–Trinajstić information content (AvgIpc) is 2.65. The smallest absolute Gasteiger partial charge is 0.264 e. The molecule has 1 N–H and O–H groups in total. The topological polar surface area (TPSA) is 66.5 Å². The summed E-state index contributed by atoms with van der Waals surface area (Å²) in [6.45, 7) is 8.38. The van der Waals surface area contributed by atoms with Crippen LogP contribution in [0, 0.1) is 5.92 Å². The highest BCUT2D eigenvalue weighted by Gasteiger charge is 2.27. The Bertz CT molecular complexity index is 845. The summed E-state index contributed by atoms with van der Waals surface area (Å²) in [6.07, 6.45) is 0. The van der Waals surface area contributed by atoms with Crippen LogP contribution in [-0.4, -0.2) is 27.4 Å². The second-order valence-corrected chi connectivity index (χ2v) is 9.13. The van der Waals surface area contributed by atoms with E-state index in [-0.39, 0.29) is 17.3 Å². The monoisotopic (exact) mass is 388 g/mol. The van der Waals surface area contributed by atoms with E-state index in [2.05, 4.69) is 19.2 Å². The molecule has 1 amide bonds. The highest BCUT2D eigenvalue weighted by molar-refractivity contribution is 7.92. The van der Waals surface area contributed by atoms with Gasteiger partial charge in [0.15, 0.2) is 0 Å². The summed E-state index contributed by atoms with van der Waals surface area (Å²) in [5, 5.41) is 2.79. The largest absolute Gasteiger partial charge is 0.354 e. The summed E-state index contributed by atoms with van der Waals surface area (Å²) in [5.74, 6) is 0.308. The normalized spacial score (nSPS) is 11.6. The minimum atomic E-state index is -3.85. The van der Waals surface area contributed by atoms with Crippen LogP contribution in [0.25, 0.3) is 0 Å². The number of benzene rings is 2. The van der Waals surface area contributed by atoms with E-state index < -0.39 is 10.0 Å². The Labute approximate surface area is 162 Å². The molecule has 2 aromatic rings. The van der Waals surface area contributed by atoms with E-state index in [4.69, 9.17) is 0 Å². The summed E-state index contributed by atoms with van der Waals surface area (Å²) in [5.41, 5.74) is 1.59. The Hall–Kier alpha value is -2.34. The standard InChI is InChI=1S/C21H28N2O3S/c1-16(2)14-22-21(24)15-23(19-12-10-18(11-13-19)17(3)4)27(25,26)20-8-6-5-7-9-20/h5-13,16-17H,14-15H2,1-4H3,(H,22,24). The van der Waals surface area contributed by atoms with Gasteiger partial charge in [-0.05, 0) is 41.7 Å². The van der Waals surface area contributed by atoms with Gasteiger partial charge in [-0.3, -0.25) is 9.10 Å². The molecule has 6 heteroatoms. The molecule has 0 spiro atoms.